The molecule has 0 atom stereocenters. The van der Waals surface area contributed by atoms with E-state index in [1.807, 2.05) is 30.3 Å². The average molecular weight is 323 g/mol. The number of rotatable bonds is 6. The number of unbranched alkanes of at least 4 members (excludes halogenated alkanes) is 2. The molecule has 24 heavy (non-hydrogen) atoms. The van der Waals surface area contributed by atoms with Crippen LogP contribution in [0.2, 0.25) is 0 Å². The maximum Gasteiger partial charge on any atom is 0.344 e. The van der Waals surface area contributed by atoms with E-state index in [1.54, 1.807) is 18.2 Å². The maximum atomic E-state index is 12.3. The molecule has 0 radical (unpaired) electrons. The van der Waals surface area contributed by atoms with E-state index in [0.717, 1.165) is 36.0 Å². The third-order valence-corrected chi connectivity index (χ3v) is 3.95. The van der Waals surface area contributed by atoms with Crippen LogP contribution in [-0.4, -0.2) is 6.61 Å². The van der Waals surface area contributed by atoms with Crippen molar-refractivity contribution in [3.8, 4) is 16.9 Å². The lowest BCUT2D eigenvalue weighted by Crippen LogP contribution is -2.03. The molecular formula is C20H21NO3. The smallest absolute Gasteiger partial charge is 0.344 e. The monoisotopic (exact) mass is 323 g/mol. The SMILES string of the molecule is CCCCCOc1ccc2cc(-c3ccc(N)cc3)c(=O)oc2c1. The molecule has 4 heteroatoms. The summed E-state index contributed by atoms with van der Waals surface area (Å²) < 4.78 is 11.2. The van der Waals surface area contributed by atoms with Gasteiger partial charge in [-0.3, -0.25) is 0 Å². The first-order chi connectivity index (χ1) is 11.7. The van der Waals surface area contributed by atoms with Gasteiger partial charge >= 0.3 is 5.63 Å². The molecule has 0 saturated heterocycles. The molecule has 0 spiro atoms. The van der Waals surface area contributed by atoms with Crippen molar-refractivity contribution in [2.75, 3.05) is 12.3 Å². The molecule has 0 aliphatic rings. The van der Waals surface area contributed by atoms with Crippen molar-refractivity contribution in [2.45, 2.75) is 26.2 Å². The number of nitrogens with two attached hydrogens (primary N) is 1. The van der Waals surface area contributed by atoms with Gasteiger partial charge in [-0.2, -0.15) is 0 Å². The summed E-state index contributed by atoms with van der Waals surface area (Å²) in [6.45, 7) is 2.83. The van der Waals surface area contributed by atoms with Crippen molar-refractivity contribution in [1.29, 1.82) is 0 Å². The minimum atomic E-state index is -0.365. The van der Waals surface area contributed by atoms with E-state index in [0.29, 0.717) is 23.4 Å². The lowest BCUT2D eigenvalue weighted by Gasteiger charge is -2.07. The van der Waals surface area contributed by atoms with Gasteiger partial charge in [0.25, 0.3) is 0 Å². The lowest BCUT2D eigenvalue weighted by atomic mass is 10.1. The van der Waals surface area contributed by atoms with Crippen LogP contribution in [0.5, 0.6) is 5.75 Å². The lowest BCUT2D eigenvalue weighted by molar-refractivity contribution is 0.306. The Bertz CT molecular complexity index is 882. The third kappa shape index (κ3) is 3.59. The van der Waals surface area contributed by atoms with E-state index < -0.39 is 0 Å². The summed E-state index contributed by atoms with van der Waals surface area (Å²) in [7, 11) is 0. The first-order valence-electron chi connectivity index (χ1n) is 8.24. The Morgan fingerprint density at radius 1 is 1.04 bits per heavy atom. The van der Waals surface area contributed by atoms with Gasteiger partial charge in [-0.1, -0.05) is 31.9 Å². The van der Waals surface area contributed by atoms with Crippen LogP contribution in [0.4, 0.5) is 5.69 Å². The zero-order chi connectivity index (χ0) is 16.9. The fraction of sp³-hybridized carbons (Fsp3) is 0.250. The maximum absolute atomic E-state index is 12.3. The molecule has 0 bridgehead atoms. The van der Waals surface area contributed by atoms with Gasteiger partial charge < -0.3 is 14.9 Å². The van der Waals surface area contributed by atoms with Gasteiger partial charge in [-0.25, -0.2) is 4.79 Å². The summed E-state index contributed by atoms with van der Waals surface area (Å²) in [6.07, 6.45) is 3.33. The number of hydrogen-bond donors (Lipinski definition) is 1. The van der Waals surface area contributed by atoms with Crippen LogP contribution >= 0.6 is 0 Å². The highest BCUT2D eigenvalue weighted by molar-refractivity contribution is 5.82. The molecule has 124 valence electrons. The van der Waals surface area contributed by atoms with E-state index >= 15 is 0 Å². The molecule has 0 unspecified atom stereocenters. The Labute approximate surface area is 140 Å². The van der Waals surface area contributed by atoms with E-state index in [-0.39, 0.29) is 5.63 Å². The van der Waals surface area contributed by atoms with Gasteiger partial charge in [0.2, 0.25) is 0 Å². The Kier molecular flexibility index (Phi) is 4.85. The minimum Gasteiger partial charge on any atom is -0.493 e. The van der Waals surface area contributed by atoms with Crippen LogP contribution < -0.4 is 16.1 Å². The van der Waals surface area contributed by atoms with Crippen molar-refractivity contribution in [2.24, 2.45) is 0 Å². The molecule has 0 saturated carbocycles. The molecule has 0 aliphatic heterocycles. The van der Waals surface area contributed by atoms with Gasteiger partial charge in [-0.05, 0) is 42.3 Å². The van der Waals surface area contributed by atoms with Crippen LogP contribution in [0.3, 0.4) is 0 Å². The van der Waals surface area contributed by atoms with Gasteiger partial charge in [0.15, 0.2) is 0 Å². The van der Waals surface area contributed by atoms with E-state index in [1.165, 1.54) is 0 Å². The number of fused-ring (bicyclic) bond motifs is 1. The third-order valence-electron chi connectivity index (χ3n) is 3.95. The standard InChI is InChI=1S/C20H21NO3/c1-2-3-4-11-23-17-10-7-15-12-18(20(22)24-19(15)13-17)14-5-8-16(21)9-6-14/h5-10,12-13H,2-4,11,21H2,1H3. The summed E-state index contributed by atoms with van der Waals surface area (Å²) in [6, 6.07) is 14.6. The summed E-state index contributed by atoms with van der Waals surface area (Å²) in [4.78, 5) is 12.3. The Balaban J connectivity index is 1.89. The van der Waals surface area contributed by atoms with Crippen molar-refractivity contribution in [3.63, 3.8) is 0 Å². The van der Waals surface area contributed by atoms with Gasteiger partial charge in [0.05, 0.1) is 12.2 Å². The normalized spacial score (nSPS) is 10.9. The average Bonchev–Trinajstić information content (AvgIpc) is 2.59. The quantitative estimate of drug-likeness (QED) is 0.409. The largest absolute Gasteiger partial charge is 0.493 e. The van der Waals surface area contributed by atoms with Gasteiger partial charge in [-0.15, -0.1) is 0 Å². The van der Waals surface area contributed by atoms with Crippen molar-refractivity contribution >= 4 is 16.7 Å². The first kappa shape index (κ1) is 16.1. The second kappa shape index (κ2) is 7.21. The topological polar surface area (TPSA) is 65.5 Å². The van der Waals surface area contributed by atoms with E-state index in [4.69, 9.17) is 14.9 Å². The van der Waals surface area contributed by atoms with Crippen LogP contribution in [0.25, 0.3) is 22.1 Å². The molecule has 0 aliphatic carbocycles. The van der Waals surface area contributed by atoms with Crippen LogP contribution in [0.1, 0.15) is 26.2 Å². The van der Waals surface area contributed by atoms with Crippen LogP contribution in [-0.2, 0) is 0 Å². The van der Waals surface area contributed by atoms with Gasteiger partial charge in [0, 0.05) is 17.1 Å². The highest BCUT2D eigenvalue weighted by Crippen LogP contribution is 2.25. The minimum absolute atomic E-state index is 0.365. The van der Waals surface area contributed by atoms with Gasteiger partial charge in [0.1, 0.15) is 11.3 Å². The molecule has 2 aromatic carbocycles. The summed E-state index contributed by atoms with van der Waals surface area (Å²) in [5, 5.41) is 0.863. The van der Waals surface area contributed by atoms with Crippen molar-refractivity contribution in [3.05, 3.63) is 59.0 Å². The molecule has 1 aromatic heterocycles. The second-order valence-electron chi connectivity index (χ2n) is 5.82. The fourth-order valence-electron chi connectivity index (χ4n) is 2.59. The molecule has 3 aromatic rings. The molecule has 3 rings (SSSR count). The highest BCUT2D eigenvalue weighted by atomic mass is 16.5. The van der Waals surface area contributed by atoms with Crippen LogP contribution in [0, 0.1) is 0 Å². The molecule has 2 N–H and O–H groups in total. The predicted octanol–water partition coefficient (Wildman–Crippen LogP) is 4.61. The van der Waals surface area contributed by atoms with E-state index in [9.17, 15) is 4.79 Å². The first-order valence-corrected chi connectivity index (χ1v) is 8.24. The summed E-state index contributed by atoms with van der Waals surface area (Å²) >= 11 is 0. The number of benzene rings is 2. The Morgan fingerprint density at radius 2 is 1.83 bits per heavy atom. The predicted molar refractivity (Wildman–Crippen MR) is 97.4 cm³/mol. The number of ether oxygens (including phenoxy) is 1. The van der Waals surface area contributed by atoms with Crippen LogP contribution in [0.15, 0.2) is 57.7 Å². The number of nitrogen functional groups attached to an aromatic ring is 1. The zero-order valence-corrected chi connectivity index (χ0v) is 13.7. The molecule has 0 fully saturated rings. The zero-order valence-electron chi connectivity index (χ0n) is 13.7. The summed E-state index contributed by atoms with van der Waals surface area (Å²) in [5.41, 5.74) is 7.84. The highest BCUT2D eigenvalue weighted by Gasteiger charge is 2.08. The van der Waals surface area contributed by atoms with Crippen molar-refractivity contribution in [1.82, 2.24) is 0 Å². The molecular weight excluding hydrogens is 302 g/mol. The number of hydrogen-bond acceptors (Lipinski definition) is 4. The van der Waals surface area contributed by atoms with Crippen molar-refractivity contribution < 1.29 is 9.15 Å². The Morgan fingerprint density at radius 3 is 2.58 bits per heavy atom. The molecule has 4 nitrogen and oxygen atoms in total. The van der Waals surface area contributed by atoms with E-state index in [2.05, 4.69) is 6.92 Å². The summed E-state index contributed by atoms with van der Waals surface area (Å²) in [5.74, 6) is 0.724. The molecule has 0 amide bonds. The Hall–Kier alpha value is -2.75. The molecule has 1 heterocycles. The second-order valence-corrected chi connectivity index (χ2v) is 5.82. The fourth-order valence-corrected chi connectivity index (χ4v) is 2.59. The number of anilines is 1.